The maximum atomic E-state index is 13.3. The Morgan fingerprint density at radius 1 is 1.23 bits per heavy atom. The van der Waals surface area contributed by atoms with Gasteiger partial charge in [-0.15, -0.1) is 11.3 Å². The number of likely N-dealkylation sites (N-methyl/N-ethyl adjacent to an activating group) is 1. The van der Waals surface area contributed by atoms with E-state index in [0.29, 0.717) is 29.1 Å². The topological polar surface area (TPSA) is 101 Å². The van der Waals surface area contributed by atoms with E-state index in [1.807, 2.05) is 47.8 Å². The number of carboxylic acids is 1. The van der Waals surface area contributed by atoms with Gasteiger partial charge in [0.25, 0.3) is 11.5 Å². The van der Waals surface area contributed by atoms with Crippen LogP contribution >= 0.6 is 11.3 Å². The molecule has 2 N–H and O–H groups in total. The molecule has 0 saturated carbocycles. The zero-order chi connectivity index (χ0) is 26.3. The Morgan fingerprint density at radius 3 is 2.40 bits per heavy atom. The van der Waals surface area contributed by atoms with Gasteiger partial charge in [0.1, 0.15) is 10.3 Å². The first-order chi connectivity index (χ1) is 16.4. The second kappa shape index (κ2) is 12.0. The molecule has 2 aromatic heterocycles. The number of halogens is 3. The normalized spacial score (nSPS) is 11.4. The van der Waals surface area contributed by atoms with Crippen molar-refractivity contribution in [3.63, 3.8) is 0 Å². The molecule has 12 heteroatoms. The lowest BCUT2D eigenvalue weighted by Gasteiger charge is -2.11. The molecular weight excluding hydrogens is 487 g/mol. The number of alkyl halides is 3. The second-order valence-electron chi connectivity index (χ2n) is 7.86. The van der Waals surface area contributed by atoms with Crippen LogP contribution in [0.25, 0.3) is 21.0 Å². The number of fused-ring (bicyclic) bond motifs is 3. The summed E-state index contributed by atoms with van der Waals surface area (Å²) in [6, 6.07) is 7.87. The molecule has 3 aromatic rings. The van der Waals surface area contributed by atoms with Crippen LogP contribution in [0.1, 0.15) is 29.4 Å². The summed E-state index contributed by atoms with van der Waals surface area (Å²) in [6.07, 6.45) is -3.17. The molecular formula is C23H28F3N3O5S. The van der Waals surface area contributed by atoms with E-state index in [1.54, 1.807) is 0 Å². The van der Waals surface area contributed by atoms with Gasteiger partial charge in [0, 0.05) is 25.0 Å². The molecule has 0 spiro atoms. The first-order valence-electron chi connectivity index (χ1n) is 10.8. The Kier molecular flexibility index (Phi) is 9.66. The number of rotatable bonds is 8. The van der Waals surface area contributed by atoms with Crippen LogP contribution in [0.4, 0.5) is 13.2 Å². The number of aryl methyl sites for hydroxylation is 1. The first kappa shape index (κ1) is 28.1. The Hall–Kier alpha value is -3.12. The van der Waals surface area contributed by atoms with Crippen LogP contribution in [0, 0.1) is 0 Å². The fourth-order valence-electron chi connectivity index (χ4n) is 3.30. The van der Waals surface area contributed by atoms with Gasteiger partial charge in [-0.25, -0.2) is 4.79 Å². The Balaban J connectivity index is 0.000000540. The maximum Gasteiger partial charge on any atom is 0.490 e. The Bertz CT molecular complexity index is 1250. The third-order valence-electron chi connectivity index (χ3n) is 5.00. The minimum absolute atomic E-state index is 0.0948. The zero-order valence-corrected chi connectivity index (χ0v) is 20.7. The van der Waals surface area contributed by atoms with Crippen LogP contribution in [0.15, 0.2) is 29.1 Å². The molecule has 0 aliphatic carbocycles. The average molecular weight is 516 g/mol. The molecule has 0 fully saturated rings. The predicted octanol–water partition coefficient (Wildman–Crippen LogP) is 3.95. The number of aliphatic carboxylic acids is 1. The fraction of sp³-hybridized carbons (Fsp3) is 0.435. The van der Waals surface area contributed by atoms with E-state index in [-0.39, 0.29) is 11.5 Å². The minimum atomic E-state index is -5.08. The van der Waals surface area contributed by atoms with E-state index in [4.69, 9.17) is 14.6 Å². The highest BCUT2D eigenvalue weighted by Gasteiger charge is 2.38. The van der Waals surface area contributed by atoms with Crippen molar-refractivity contribution in [1.29, 1.82) is 0 Å². The van der Waals surface area contributed by atoms with Gasteiger partial charge in [0.05, 0.1) is 17.3 Å². The molecule has 0 radical (unpaired) electrons. The van der Waals surface area contributed by atoms with Crippen LogP contribution < -0.4 is 15.6 Å². The van der Waals surface area contributed by atoms with Crippen LogP contribution in [0.2, 0.25) is 0 Å². The number of unbranched alkanes of at least 4 members (excludes halogenated alkanes) is 1. The standard InChI is InChI=1S/C21H27N3O3S.C2HF3O2/c1-5-6-12-24-15-10-8-7-9-14(15)18-16(21(24)26)17(27-4)19(28-18)20(25)22-11-13-23(2)3;3-2(4,5)1(6)7/h7-10H,5-6,11-13H2,1-4H3,(H,22,25);(H,6,7). The summed E-state index contributed by atoms with van der Waals surface area (Å²) in [4.78, 5) is 37.4. The largest absolute Gasteiger partial charge is 0.494 e. The summed E-state index contributed by atoms with van der Waals surface area (Å²) in [5, 5.41) is 11.5. The molecule has 0 unspecified atom stereocenters. The van der Waals surface area contributed by atoms with E-state index in [1.165, 1.54) is 18.4 Å². The summed E-state index contributed by atoms with van der Waals surface area (Å²) in [6.45, 7) is 4.03. The second-order valence-corrected chi connectivity index (χ2v) is 8.88. The van der Waals surface area contributed by atoms with Crippen molar-refractivity contribution in [1.82, 2.24) is 14.8 Å². The van der Waals surface area contributed by atoms with Crippen LogP contribution in [0.3, 0.4) is 0 Å². The minimum Gasteiger partial charge on any atom is -0.494 e. The van der Waals surface area contributed by atoms with Gasteiger partial charge in [-0.05, 0) is 26.6 Å². The predicted molar refractivity (Wildman–Crippen MR) is 130 cm³/mol. The van der Waals surface area contributed by atoms with Crippen molar-refractivity contribution in [3.8, 4) is 5.75 Å². The van der Waals surface area contributed by atoms with Crippen LogP contribution in [-0.2, 0) is 11.3 Å². The van der Waals surface area contributed by atoms with Crippen LogP contribution in [0.5, 0.6) is 5.75 Å². The van der Waals surface area contributed by atoms with Gasteiger partial charge in [0.2, 0.25) is 0 Å². The number of aromatic nitrogens is 1. The SMILES string of the molecule is CCCCn1c(=O)c2c(OC)c(C(=O)NCCN(C)C)sc2c2ccccc21.O=C(O)C(F)(F)F. The van der Waals surface area contributed by atoms with Crippen molar-refractivity contribution in [2.75, 3.05) is 34.3 Å². The molecule has 0 bridgehead atoms. The fourth-order valence-corrected chi connectivity index (χ4v) is 4.51. The van der Waals surface area contributed by atoms with Gasteiger partial charge < -0.3 is 24.6 Å². The van der Waals surface area contributed by atoms with Crippen molar-refractivity contribution in [3.05, 3.63) is 39.5 Å². The lowest BCUT2D eigenvalue weighted by Crippen LogP contribution is -2.31. The zero-order valence-electron chi connectivity index (χ0n) is 19.9. The number of amides is 1. The van der Waals surface area contributed by atoms with Gasteiger partial charge in [-0.2, -0.15) is 13.2 Å². The number of para-hydroxylation sites is 1. The summed E-state index contributed by atoms with van der Waals surface area (Å²) in [5.41, 5.74) is 0.805. The molecule has 3 rings (SSSR count). The number of thiophene rings is 1. The van der Waals surface area contributed by atoms with E-state index < -0.39 is 12.1 Å². The smallest absolute Gasteiger partial charge is 0.490 e. The number of carbonyl (C=O) groups is 2. The number of hydrogen-bond donors (Lipinski definition) is 2. The van der Waals surface area contributed by atoms with Crippen LogP contribution in [-0.4, -0.2) is 66.9 Å². The number of ether oxygens (including phenoxy) is 1. The third kappa shape index (κ3) is 6.73. The highest BCUT2D eigenvalue weighted by atomic mass is 32.1. The molecule has 0 aliphatic heterocycles. The van der Waals surface area contributed by atoms with Gasteiger partial charge in [0.15, 0.2) is 5.75 Å². The summed E-state index contributed by atoms with van der Waals surface area (Å²) >= 11 is 1.33. The van der Waals surface area contributed by atoms with E-state index >= 15 is 0 Å². The third-order valence-corrected chi connectivity index (χ3v) is 6.20. The average Bonchev–Trinajstić information content (AvgIpc) is 3.19. The van der Waals surface area contributed by atoms with Gasteiger partial charge >= 0.3 is 12.1 Å². The molecule has 1 aromatic carbocycles. The van der Waals surface area contributed by atoms with E-state index in [0.717, 1.165) is 35.0 Å². The van der Waals surface area contributed by atoms with Gasteiger partial charge in [-0.3, -0.25) is 9.59 Å². The highest BCUT2D eigenvalue weighted by molar-refractivity contribution is 7.22. The van der Waals surface area contributed by atoms with E-state index in [2.05, 4.69) is 12.2 Å². The van der Waals surface area contributed by atoms with E-state index in [9.17, 15) is 22.8 Å². The van der Waals surface area contributed by atoms with Gasteiger partial charge in [-0.1, -0.05) is 31.5 Å². The molecule has 2 heterocycles. The summed E-state index contributed by atoms with van der Waals surface area (Å²) in [7, 11) is 5.43. The Morgan fingerprint density at radius 2 is 1.86 bits per heavy atom. The van der Waals surface area contributed by atoms with Crippen molar-refractivity contribution in [2.45, 2.75) is 32.5 Å². The number of carboxylic acid groups (broad SMARTS) is 1. The highest BCUT2D eigenvalue weighted by Crippen LogP contribution is 2.39. The molecule has 35 heavy (non-hydrogen) atoms. The number of carbonyl (C=O) groups excluding carboxylic acids is 1. The lowest BCUT2D eigenvalue weighted by molar-refractivity contribution is -0.192. The van der Waals surface area contributed by atoms with Crippen molar-refractivity contribution in [2.24, 2.45) is 0 Å². The quantitative estimate of drug-likeness (QED) is 0.471. The molecule has 192 valence electrons. The molecule has 0 aliphatic rings. The number of nitrogens with zero attached hydrogens (tertiary/aromatic N) is 2. The Labute approximate surface area is 203 Å². The molecule has 8 nitrogen and oxygen atoms in total. The first-order valence-corrected chi connectivity index (χ1v) is 11.6. The molecule has 0 saturated heterocycles. The number of methoxy groups -OCH3 is 1. The molecule has 1 amide bonds. The number of hydrogen-bond acceptors (Lipinski definition) is 6. The van der Waals surface area contributed by atoms with Crippen molar-refractivity contribution < 1.29 is 32.6 Å². The monoisotopic (exact) mass is 515 g/mol. The number of benzene rings is 1. The lowest BCUT2D eigenvalue weighted by atomic mass is 10.1. The molecule has 0 atom stereocenters. The maximum absolute atomic E-state index is 13.3. The number of pyridine rings is 1. The summed E-state index contributed by atoms with van der Waals surface area (Å²) in [5.74, 6) is -2.58. The van der Waals surface area contributed by atoms with Crippen molar-refractivity contribution >= 4 is 44.2 Å². The number of nitrogens with one attached hydrogen (secondary N) is 1. The summed E-state index contributed by atoms with van der Waals surface area (Å²) < 4.78 is 39.9.